The molecule has 4 heteroatoms. The van der Waals surface area contributed by atoms with E-state index in [0.717, 1.165) is 20.8 Å². The molecule has 0 amide bonds. The number of aliphatic carboxylic acids is 1. The summed E-state index contributed by atoms with van der Waals surface area (Å²) in [4.78, 5) is 10.8. The first-order valence-corrected chi connectivity index (χ1v) is 6.03. The predicted octanol–water partition coefficient (Wildman–Crippen LogP) is 2.56. The average Bonchev–Trinajstić information content (AvgIpc) is 2.33. The van der Waals surface area contributed by atoms with Gasteiger partial charge in [-0.1, -0.05) is 46.3 Å². The highest BCUT2D eigenvalue weighted by Gasteiger charge is 2.14. The van der Waals surface area contributed by atoms with Crippen molar-refractivity contribution in [1.29, 1.82) is 0 Å². The van der Waals surface area contributed by atoms with E-state index in [1.807, 2.05) is 36.4 Å². The van der Waals surface area contributed by atoms with Crippen LogP contribution in [-0.2, 0) is 11.2 Å². The van der Waals surface area contributed by atoms with Gasteiger partial charge in [-0.15, -0.1) is 0 Å². The third kappa shape index (κ3) is 2.48. The second kappa shape index (κ2) is 4.85. The third-order valence-corrected chi connectivity index (χ3v) is 3.41. The largest absolute Gasteiger partial charge is 0.480 e. The standard InChI is InChI=1S/C13H12BrNO2/c14-11-6-5-8(7-12(15)13(16)17)9-3-1-2-4-10(9)11/h1-6,12H,7,15H2,(H,16,17)/t12-/m0/s1. The van der Waals surface area contributed by atoms with Gasteiger partial charge in [-0.3, -0.25) is 4.79 Å². The van der Waals surface area contributed by atoms with Gasteiger partial charge in [0.25, 0.3) is 0 Å². The smallest absolute Gasteiger partial charge is 0.320 e. The maximum absolute atomic E-state index is 10.8. The highest BCUT2D eigenvalue weighted by molar-refractivity contribution is 9.10. The molecule has 3 nitrogen and oxygen atoms in total. The lowest BCUT2D eigenvalue weighted by Gasteiger charge is -2.10. The Bertz CT molecular complexity index is 568. The lowest BCUT2D eigenvalue weighted by molar-refractivity contribution is -0.138. The number of benzene rings is 2. The molecule has 0 bridgehead atoms. The molecule has 0 aliphatic heterocycles. The minimum absolute atomic E-state index is 0.336. The number of fused-ring (bicyclic) bond motifs is 1. The Morgan fingerprint density at radius 2 is 1.88 bits per heavy atom. The fourth-order valence-electron chi connectivity index (χ4n) is 1.83. The highest BCUT2D eigenvalue weighted by atomic mass is 79.9. The van der Waals surface area contributed by atoms with E-state index in [2.05, 4.69) is 15.9 Å². The monoisotopic (exact) mass is 293 g/mol. The first-order valence-electron chi connectivity index (χ1n) is 5.24. The number of carboxylic acid groups (broad SMARTS) is 1. The first-order chi connectivity index (χ1) is 8.09. The Labute approximate surface area is 107 Å². The SMILES string of the molecule is N[C@@H](Cc1ccc(Br)c2ccccc12)C(=O)O. The zero-order chi connectivity index (χ0) is 12.4. The van der Waals surface area contributed by atoms with E-state index in [9.17, 15) is 4.79 Å². The number of rotatable bonds is 3. The Morgan fingerprint density at radius 3 is 2.53 bits per heavy atom. The zero-order valence-corrected chi connectivity index (χ0v) is 10.6. The summed E-state index contributed by atoms with van der Waals surface area (Å²) in [6.45, 7) is 0. The minimum Gasteiger partial charge on any atom is -0.480 e. The van der Waals surface area contributed by atoms with E-state index in [4.69, 9.17) is 10.8 Å². The molecule has 0 spiro atoms. The van der Waals surface area contributed by atoms with Crippen LogP contribution in [0, 0.1) is 0 Å². The van der Waals surface area contributed by atoms with Crippen molar-refractivity contribution < 1.29 is 9.90 Å². The Hall–Kier alpha value is -1.39. The van der Waals surface area contributed by atoms with Gasteiger partial charge < -0.3 is 10.8 Å². The van der Waals surface area contributed by atoms with Crippen LogP contribution < -0.4 is 5.73 Å². The zero-order valence-electron chi connectivity index (χ0n) is 9.06. The van der Waals surface area contributed by atoms with Crippen molar-refractivity contribution in [3.63, 3.8) is 0 Å². The highest BCUT2D eigenvalue weighted by Crippen LogP contribution is 2.27. The molecule has 0 fully saturated rings. The van der Waals surface area contributed by atoms with Crippen LogP contribution in [0.2, 0.25) is 0 Å². The molecule has 0 unspecified atom stereocenters. The molecule has 0 aliphatic carbocycles. The summed E-state index contributed by atoms with van der Waals surface area (Å²) in [5, 5.41) is 10.9. The van der Waals surface area contributed by atoms with Crippen molar-refractivity contribution in [2.45, 2.75) is 12.5 Å². The Balaban J connectivity index is 2.48. The van der Waals surface area contributed by atoms with E-state index >= 15 is 0 Å². The van der Waals surface area contributed by atoms with Crippen LogP contribution >= 0.6 is 15.9 Å². The van der Waals surface area contributed by atoms with Crippen molar-refractivity contribution >= 4 is 32.7 Å². The molecule has 1 atom stereocenters. The van der Waals surface area contributed by atoms with Crippen molar-refractivity contribution in [3.05, 3.63) is 46.4 Å². The van der Waals surface area contributed by atoms with E-state index < -0.39 is 12.0 Å². The fraction of sp³-hybridized carbons (Fsp3) is 0.154. The Morgan fingerprint density at radius 1 is 1.24 bits per heavy atom. The Kier molecular flexibility index (Phi) is 3.45. The second-order valence-electron chi connectivity index (χ2n) is 3.90. The van der Waals surface area contributed by atoms with Crippen molar-refractivity contribution in [3.8, 4) is 0 Å². The van der Waals surface area contributed by atoms with Crippen molar-refractivity contribution in [2.75, 3.05) is 0 Å². The summed E-state index contributed by atoms with van der Waals surface area (Å²) < 4.78 is 1.00. The van der Waals surface area contributed by atoms with E-state index in [1.54, 1.807) is 0 Å². The molecule has 0 aromatic heterocycles. The van der Waals surface area contributed by atoms with Crippen LogP contribution in [0.3, 0.4) is 0 Å². The number of carboxylic acids is 1. The van der Waals surface area contributed by atoms with Gasteiger partial charge in [-0.25, -0.2) is 0 Å². The molecule has 2 aromatic rings. The summed E-state index contributed by atoms with van der Waals surface area (Å²) in [5.41, 5.74) is 6.52. The first kappa shape index (κ1) is 12.1. The van der Waals surface area contributed by atoms with Gasteiger partial charge >= 0.3 is 5.97 Å². The summed E-state index contributed by atoms with van der Waals surface area (Å²) in [5.74, 6) is -0.975. The van der Waals surface area contributed by atoms with Crippen molar-refractivity contribution in [2.24, 2.45) is 5.73 Å². The van der Waals surface area contributed by atoms with Gasteiger partial charge in [0.2, 0.25) is 0 Å². The lowest BCUT2D eigenvalue weighted by atomic mass is 9.99. The maximum atomic E-state index is 10.8. The summed E-state index contributed by atoms with van der Waals surface area (Å²) in [6, 6.07) is 10.8. The van der Waals surface area contributed by atoms with Crippen LogP contribution in [0.5, 0.6) is 0 Å². The van der Waals surface area contributed by atoms with Crippen LogP contribution in [0.25, 0.3) is 10.8 Å². The lowest BCUT2D eigenvalue weighted by Crippen LogP contribution is -2.32. The van der Waals surface area contributed by atoms with Crippen LogP contribution in [0.4, 0.5) is 0 Å². The fourth-order valence-corrected chi connectivity index (χ4v) is 2.30. The molecule has 3 N–H and O–H groups in total. The molecule has 88 valence electrons. The van der Waals surface area contributed by atoms with Crippen LogP contribution in [0.15, 0.2) is 40.9 Å². The molecule has 0 heterocycles. The number of nitrogens with two attached hydrogens (primary N) is 1. The van der Waals surface area contributed by atoms with Crippen LogP contribution in [-0.4, -0.2) is 17.1 Å². The van der Waals surface area contributed by atoms with Crippen molar-refractivity contribution in [1.82, 2.24) is 0 Å². The normalized spacial score (nSPS) is 12.6. The molecule has 0 aliphatic rings. The quantitative estimate of drug-likeness (QED) is 0.914. The number of carbonyl (C=O) groups is 1. The van der Waals surface area contributed by atoms with Gasteiger partial charge in [-0.05, 0) is 28.8 Å². The molecule has 17 heavy (non-hydrogen) atoms. The molecule has 2 aromatic carbocycles. The molecule has 0 radical (unpaired) electrons. The molecule has 2 rings (SSSR count). The number of hydrogen-bond donors (Lipinski definition) is 2. The molecule has 0 saturated heterocycles. The average molecular weight is 294 g/mol. The van der Waals surface area contributed by atoms with Gasteiger partial charge in [0.05, 0.1) is 0 Å². The summed E-state index contributed by atoms with van der Waals surface area (Å²) >= 11 is 3.48. The van der Waals surface area contributed by atoms with E-state index in [0.29, 0.717) is 6.42 Å². The molecular weight excluding hydrogens is 282 g/mol. The predicted molar refractivity (Wildman–Crippen MR) is 71.0 cm³/mol. The second-order valence-corrected chi connectivity index (χ2v) is 4.76. The van der Waals surface area contributed by atoms with Gasteiger partial charge in [0.1, 0.15) is 6.04 Å². The van der Waals surface area contributed by atoms with Gasteiger partial charge in [0.15, 0.2) is 0 Å². The maximum Gasteiger partial charge on any atom is 0.320 e. The molecule has 0 saturated carbocycles. The van der Waals surface area contributed by atoms with E-state index in [1.165, 1.54) is 0 Å². The van der Waals surface area contributed by atoms with E-state index in [-0.39, 0.29) is 0 Å². The topological polar surface area (TPSA) is 63.3 Å². The minimum atomic E-state index is -0.975. The van der Waals surface area contributed by atoms with Gasteiger partial charge in [0, 0.05) is 4.47 Å². The van der Waals surface area contributed by atoms with Crippen LogP contribution in [0.1, 0.15) is 5.56 Å². The third-order valence-electron chi connectivity index (χ3n) is 2.72. The molecular formula is C13H12BrNO2. The van der Waals surface area contributed by atoms with Gasteiger partial charge in [-0.2, -0.15) is 0 Å². The summed E-state index contributed by atoms with van der Waals surface area (Å²) in [6.07, 6.45) is 0.336. The number of hydrogen-bond acceptors (Lipinski definition) is 2. The number of halogens is 1. The summed E-state index contributed by atoms with van der Waals surface area (Å²) in [7, 11) is 0.